The summed E-state index contributed by atoms with van der Waals surface area (Å²) in [5.41, 5.74) is 4.37. The summed E-state index contributed by atoms with van der Waals surface area (Å²) in [4.78, 5) is 0. The van der Waals surface area contributed by atoms with Crippen LogP contribution in [0.4, 0.5) is 0 Å². The molecular weight excluding hydrogens is 382 g/mol. The van der Waals surface area contributed by atoms with E-state index in [1.54, 1.807) is 23.3 Å². The summed E-state index contributed by atoms with van der Waals surface area (Å²) < 4.78 is 0. The summed E-state index contributed by atoms with van der Waals surface area (Å²) in [6, 6.07) is 14.0. The zero-order valence-electron chi connectivity index (χ0n) is 11.9. The Kier molecular flexibility index (Phi) is 9.26. The van der Waals surface area contributed by atoms with Crippen LogP contribution in [-0.4, -0.2) is 5.43 Å². The topological polar surface area (TPSA) is 0 Å². The van der Waals surface area contributed by atoms with E-state index in [9.17, 15) is 0 Å². The molecule has 104 valence electrons. The number of benzene rings is 2. The van der Waals surface area contributed by atoms with E-state index in [1.807, 2.05) is 0 Å². The van der Waals surface area contributed by atoms with Crippen LogP contribution >= 0.6 is 0 Å². The summed E-state index contributed by atoms with van der Waals surface area (Å²) in [7, 11) is 0. The molecule has 0 aliphatic heterocycles. The smallest absolute Gasteiger partial charge is 1.00 e. The third-order valence-corrected chi connectivity index (χ3v) is 2.84. The van der Waals surface area contributed by atoms with Gasteiger partial charge in [-0.2, -0.15) is 0 Å². The van der Waals surface area contributed by atoms with Gasteiger partial charge in [0.15, 0.2) is 0 Å². The van der Waals surface area contributed by atoms with Gasteiger partial charge in [0.1, 0.15) is 0 Å². The normalized spacial score (nSPS) is 11.3. The molecule has 0 saturated heterocycles. The minimum Gasteiger partial charge on any atom is -1.00 e. The van der Waals surface area contributed by atoms with E-state index in [-0.39, 0.29) is 30.2 Å². The number of hydrogen-bond donors (Lipinski definition) is 0. The van der Waals surface area contributed by atoms with Crippen molar-refractivity contribution in [2.24, 2.45) is 0 Å². The summed E-state index contributed by atoms with van der Waals surface area (Å²) in [5.74, 6) is 0. The van der Waals surface area contributed by atoms with Gasteiger partial charge in [-0.15, -0.1) is 34.9 Å². The van der Waals surface area contributed by atoms with Crippen LogP contribution in [-0.2, 0) is 29.8 Å². The second-order valence-corrected chi connectivity index (χ2v) is 14.3. The quantitative estimate of drug-likeness (QED) is 0.370. The van der Waals surface area contributed by atoms with Crippen LogP contribution in [0.25, 0.3) is 16.8 Å². The largest absolute Gasteiger partial charge is 1.00 e. The van der Waals surface area contributed by atoms with Gasteiger partial charge in [-0.05, 0) is 6.42 Å². The van der Waals surface area contributed by atoms with Crippen molar-refractivity contribution in [2.75, 3.05) is 0 Å². The molecule has 0 bridgehead atoms. The molecule has 0 aromatic heterocycles. The molecule has 0 nitrogen and oxygen atoms in total. The first-order chi connectivity index (χ1) is 8.58. The third kappa shape index (κ3) is 5.15. The van der Waals surface area contributed by atoms with Gasteiger partial charge >= 0.3 is 41.9 Å². The molecule has 0 fully saturated rings. The summed E-state index contributed by atoms with van der Waals surface area (Å²) in [6.07, 6.45) is 3.33. The van der Waals surface area contributed by atoms with Crippen molar-refractivity contribution in [1.82, 2.24) is 0 Å². The van der Waals surface area contributed by atoms with Crippen LogP contribution in [0.2, 0.25) is 13.1 Å². The van der Waals surface area contributed by atoms with E-state index in [2.05, 4.69) is 62.5 Å². The molecule has 2 aromatic carbocycles. The predicted molar refractivity (Wildman–Crippen MR) is 77.6 cm³/mol. The van der Waals surface area contributed by atoms with E-state index in [0.717, 1.165) is 6.42 Å². The maximum atomic E-state index is 3.35. The van der Waals surface area contributed by atoms with Crippen LogP contribution in [0.5, 0.6) is 0 Å². The Morgan fingerprint density at radius 3 is 2.40 bits per heavy atom. The van der Waals surface area contributed by atoms with Crippen molar-refractivity contribution < 1.29 is 48.1 Å². The summed E-state index contributed by atoms with van der Waals surface area (Å²) in [5, 5.41) is 2.68. The molecule has 0 N–H and O–H groups in total. The van der Waals surface area contributed by atoms with Gasteiger partial charge < -0.3 is 24.8 Å². The average Bonchev–Trinajstić information content (AvgIpc) is 2.69. The minimum atomic E-state index is 0. The fraction of sp³-hybridized carbons (Fsp3) is 0.250. The van der Waals surface area contributed by atoms with Crippen molar-refractivity contribution in [1.29, 1.82) is 0 Å². The minimum absolute atomic E-state index is 0. The van der Waals surface area contributed by atoms with Gasteiger partial charge in [0.25, 0.3) is 0 Å². The Bertz CT molecular complexity index is 631. The van der Waals surface area contributed by atoms with Crippen molar-refractivity contribution in [3.63, 3.8) is 0 Å². The first kappa shape index (κ1) is 20.1. The molecule has 0 saturated carbocycles. The van der Waals surface area contributed by atoms with E-state index >= 15 is 0 Å². The van der Waals surface area contributed by atoms with Gasteiger partial charge in [0, 0.05) is 0 Å². The number of halogens is 2. The second kappa shape index (κ2) is 9.20. The molecule has 4 heteroatoms. The van der Waals surface area contributed by atoms with Gasteiger partial charge in [-0.1, -0.05) is 42.0 Å². The number of hydrogen-bond acceptors (Lipinski definition) is 0. The third-order valence-electron chi connectivity index (χ3n) is 2.84. The maximum absolute atomic E-state index is 3.35. The molecule has 0 unspecified atom stereocenters. The van der Waals surface area contributed by atoms with Crippen LogP contribution < -0.4 is 24.8 Å². The molecular formula is C16H17Cl2SiZr-. The zero-order chi connectivity index (χ0) is 13.1. The first-order valence-corrected chi connectivity index (χ1v) is 12.4. The van der Waals surface area contributed by atoms with Crippen molar-refractivity contribution in [3.8, 4) is 0 Å². The number of allylic oxidation sites excluding steroid dienone is 1. The second-order valence-electron chi connectivity index (χ2n) is 4.94. The van der Waals surface area contributed by atoms with E-state index in [0.29, 0.717) is 0 Å². The molecule has 0 heterocycles. The Morgan fingerprint density at radius 1 is 1.15 bits per heavy atom. The maximum Gasteiger partial charge on any atom is -1.00 e. The van der Waals surface area contributed by atoms with Crippen molar-refractivity contribution in [2.45, 2.75) is 26.4 Å². The van der Waals surface area contributed by atoms with E-state index < -0.39 is 0 Å². The van der Waals surface area contributed by atoms with Gasteiger partial charge in [0.2, 0.25) is 0 Å². The van der Waals surface area contributed by atoms with Crippen LogP contribution in [0.3, 0.4) is 0 Å². The summed E-state index contributed by atoms with van der Waals surface area (Å²) in [6.45, 7) is 6.80. The Hall–Kier alpha value is 0.120. The molecule has 1 aliphatic rings. The Morgan fingerprint density at radius 2 is 1.75 bits per heavy atom. The van der Waals surface area contributed by atoms with Crippen LogP contribution in [0, 0.1) is 6.07 Å². The van der Waals surface area contributed by atoms with Crippen LogP contribution in [0.15, 0.2) is 35.9 Å². The van der Waals surface area contributed by atoms with E-state index in [1.165, 1.54) is 27.5 Å². The van der Waals surface area contributed by atoms with Crippen molar-refractivity contribution >= 4 is 22.3 Å². The van der Waals surface area contributed by atoms with Gasteiger partial charge in [-0.3, -0.25) is 0 Å². The Labute approximate surface area is 149 Å². The molecule has 0 spiro atoms. The molecule has 20 heavy (non-hydrogen) atoms. The molecule has 2 aromatic rings. The molecule has 1 aliphatic carbocycles. The number of rotatable bonds is 0. The fourth-order valence-electron chi connectivity index (χ4n) is 2.18. The molecule has 3 rings (SSSR count). The fourth-order valence-corrected chi connectivity index (χ4v) is 2.18. The molecule has 0 amide bonds. The zero-order valence-corrected chi connectivity index (χ0v) is 16.9. The van der Waals surface area contributed by atoms with E-state index in [4.69, 9.17) is 0 Å². The number of fused-ring (bicyclic) bond motifs is 3. The van der Waals surface area contributed by atoms with Gasteiger partial charge in [-0.25, -0.2) is 0 Å². The average molecular weight is 400 g/mol. The first-order valence-electron chi connectivity index (χ1n) is 6.19. The SMILES string of the molecule is CC1=Cc2[c-]cc3ccccc3c2C1.C[Si](C)=[Zr+2].[Cl-].[Cl-]. The standard InChI is InChI=1S/C14H11.C2H6Si.2ClH.Zr/c1-10-8-12-7-6-11-4-2-3-5-13(11)14(12)9-10;1-3-2;;;/h2-6,8H,9H2,1H3;1-2H3;2*1H;/q-1;;;;+2/p-2. The monoisotopic (exact) mass is 397 g/mol. The van der Waals surface area contributed by atoms with Gasteiger partial charge in [0.05, 0.1) is 0 Å². The molecule has 0 radical (unpaired) electrons. The predicted octanol–water partition coefficient (Wildman–Crippen LogP) is -1.61. The van der Waals surface area contributed by atoms with Crippen molar-refractivity contribution in [3.05, 3.63) is 53.1 Å². The molecule has 0 atom stereocenters. The summed E-state index contributed by atoms with van der Waals surface area (Å²) >= 11 is 1.74. The Balaban J connectivity index is 0.000000542. The van der Waals surface area contributed by atoms with Crippen LogP contribution in [0.1, 0.15) is 18.1 Å².